The van der Waals surface area contributed by atoms with Crippen molar-refractivity contribution < 1.29 is 14.7 Å². The van der Waals surface area contributed by atoms with E-state index in [-0.39, 0.29) is 5.88 Å². The minimum absolute atomic E-state index is 0.303. The number of carbonyl (C=O) groups is 2. The van der Waals surface area contributed by atoms with Crippen molar-refractivity contribution in [2.24, 2.45) is 4.40 Å². The van der Waals surface area contributed by atoms with Gasteiger partial charge in [-0.25, -0.2) is 14.1 Å². The minimum atomic E-state index is -1.29. The Morgan fingerprint density at radius 1 is 1.50 bits per heavy atom. The lowest BCUT2D eigenvalue weighted by atomic mass is 10.5. The first-order chi connectivity index (χ1) is 6.36. The highest BCUT2D eigenvalue weighted by Crippen LogP contribution is 1.87. The van der Waals surface area contributed by atoms with Gasteiger partial charge in [-0.15, -0.1) is 11.6 Å². The highest BCUT2D eigenvalue weighted by atomic mass is 35.5. The molecule has 0 aliphatic carbocycles. The van der Waals surface area contributed by atoms with Crippen LogP contribution in [0.25, 0.3) is 0 Å². The van der Waals surface area contributed by atoms with E-state index < -0.39 is 12.0 Å². The number of amides is 2. The first kappa shape index (κ1) is 15.7. The maximum Gasteiger partial charge on any atom is 0.413 e. The Balaban J connectivity index is 0. The zero-order valence-electron chi connectivity index (χ0n) is 8.19. The molecule has 0 aromatic rings. The molecule has 14 heavy (non-hydrogen) atoms. The van der Waals surface area contributed by atoms with E-state index in [2.05, 4.69) is 17.2 Å². The van der Waals surface area contributed by atoms with Crippen molar-refractivity contribution >= 4 is 42.1 Å². The highest BCUT2D eigenvalue weighted by molar-refractivity contribution is 7.79. The number of carboxylic acid groups (broad SMARTS) is 1. The summed E-state index contributed by atoms with van der Waals surface area (Å²) < 4.78 is 3.50. The van der Waals surface area contributed by atoms with E-state index in [4.69, 9.17) is 16.7 Å². The summed E-state index contributed by atoms with van der Waals surface area (Å²) in [5.74, 6) is -0.924. The minimum Gasteiger partial charge on any atom is -0.465 e. The summed E-state index contributed by atoms with van der Waals surface area (Å²) in [6.45, 7) is 3.79. The van der Waals surface area contributed by atoms with Crippen molar-refractivity contribution in [1.29, 1.82) is 0 Å². The summed E-state index contributed by atoms with van der Waals surface area (Å²) in [6.07, 6.45) is -1.29. The van der Waals surface area contributed by atoms with Gasteiger partial charge in [0.1, 0.15) is 5.88 Å². The first-order valence-corrected chi connectivity index (χ1v) is 4.51. The first-order valence-electron chi connectivity index (χ1n) is 3.57. The van der Waals surface area contributed by atoms with Crippen LogP contribution in [0.3, 0.4) is 0 Å². The van der Waals surface area contributed by atoms with Gasteiger partial charge in [-0.3, -0.25) is 4.79 Å². The summed E-state index contributed by atoms with van der Waals surface area (Å²) in [6, 6.07) is 0. The molecule has 0 fully saturated rings. The highest BCUT2D eigenvalue weighted by Gasteiger charge is 2.12. The van der Waals surface area contributed by atoms with Crippen LogP contribution >= 0.6 is 24.4 Å². The second-order valence-corrected chi connectivity index (χ2v) is 2.88. The van der Waals surface area contributed by atoms with E-state index in [0.29, 0.717) is 4.90 Å². The number of nitrogens with zero attached hydrogens (tertiary/aromatic N) is 2. The van der Waals surface area contributed by atoms with Crippen LogP contribution in [-0.2, 0) is 4.79 Å². The molecule has 0 saturated heterocycles. The number of carbonyl (C=O) groups excluding carboxylic acids is 1. The molecule has 0 atom stereocenters. The standard InChI is InChI=1S/C4H6ClNO3.C3H7NS/c1-6(4(8)9)3(7)2-5;1-3(2)4-5/h2H2,1H3,(H,8,9);5H,1-2H3. The summed E-state index contributed by atoms with van der Waals surface area (Å²) in [7, 11) is 1.15. The van der Waals surface area contributed by atoms with E-state index in [1.807, 2.05) is 13.8 Å². The molecule has 7 heteroatoms. The van der Waals surface area contributed by atoms with E-state index in [1.165, 1.54) is 0 Å². The molecule has 0 aliphatic heterocycles. The van der Waals surface area contributed by atoms with Crippen molar-refractivity contribution in [2.45, 2.75) is 13.8 Å². The summed E-state index contributed by atoms with van der Waals surface area (Å²) in [4.78, 5) is 20.8. The Morgan fingerprint density at radius 2 is 1.86 bits per heavy atom. The number of thiol groups is 1. The van der Waals surface area contributed by atoms with Crippen molar-refractivity contribution in [1.82, 2.24) is 4.90 Å². The molecular formula is C7H13ClN2O3S. The van der Waals surface area contributed by atoms with Crippen molar-refractivity contribution in [3.63, 3.8) is 0 Å². The number of imide groups is 1. The number of rotatable bonds is 1. The van der Waals surface area contributed by atoms with Crippen LogP contribution in [-0.4, -0.2) is 40.6 Å². The zero-order valence-corrected chi connectivity index (χ0v) is 9.84. The predicted octanol–water partition coefficient (Wildman–Crippen LogP) is 1.67. The maximum absolute atomic E-state index is 10.4. The number of hydrogen-bond donors (Lipinski definition) is 2. The molecule has 0 bridgehead atoms. The zero-order chi connectivity index (χ0) is 11.7. The lowest BCUT2D eigenvalue weighted by Gasteiger charge is -2.06. The molecule has 2 amide bonds. The Kier molecular flexibility index (Phi) is 9.91. The Bertz CT molecular complexity index is 229. The molecule has 0 spiro atoms. The molecule has 0 rings (SSSR count). The van der Waals surface area contributed by atoms with Crippen molar-refractivity contribution in [3.8, 4) is 0 Å². The molecule has 0 aliphatic rings. The second-order valence-electron chi connectivity index (χ2n) is 2.42. The molecule has 5 nitrogen and oxygen atoms in total. The van der Waals surface area contributed by atoms with Crippen LogP contribution in [0.1, 0.15) is 13.8 Å². The Morgan fingerprint density at radius 3 is 1.93 bits per heavy atom. The van der Waals surface area contributed by atoms with Crippen LogP contribution < -0.4 is 0 Å². The van der Waals surface area contributed by atoms with Crippen LogP contribution in [0.15, 0.2) is 4.40 Å². The molecule has 1 N–H and O–H groups in total. The van der Waals surface area contributed by atoms with Crippen molar-refractivity contribution in [3.05, 3.63) is 0 Å². The van der Waals surface area contributed by atoms with Gasteiger partial charge in [-0.2, -0.15) is 0 Å². The Labute approximate surface area is 93.3 Å². The summed E-state index contributed by atoms with van der Waals surface area (Å²) in [5.41, 5.74) is 0.994. The fourth-order valence-electron chi connectivity index (χ4n) is 0.196. The summed E-state index contributed by atoms with van der Waals surface area (Å²) in [5, 5.41) is 8.13. The van der Waals surface area contributed by atoms with Crippen LogP contribution in [0.2, 0.25) is 0 Å². The lowest BCUT2D eigenvalue weighted by Crippen LogP contribution is -2.32. The Hall–Kier alpha value is -0.750. The van der Waals surface area contributed by atoms with Gasteiger partial charge in [-0.1, -0.05) is 0 Å². The average Bonchev–Trinajstić information content (AvgIpc) is 2.16. The van der Waals surface area contributed by atoms with Gasteiger partial charge in [0.15, 0.2) is 0 Å². The molecule has 0 saturated carbocycles. The smallest absolute Gasteiger partial charge is 0.413 e. The van der Waals surface area contributed by atoms with Gasteiger partial charge < -0.3 is 5.11 Å². The molecule has 0 aromatic carbocycles. The number of alkyl halides is 1. The molecule has 0 heterocycles. The maximum atomic E-state index is 10.4. The van der Waals surface area contributed by atoms with Crippen LogP contribution in [0.4, 0.5) is 4.79 Å². The van der Waals surface area contributed by atoms with Gasteiger partial charge in [0.25, 0.3) is 0 Å². The SMILES string of the molecule is CC(C)=NS.CN(C(=O)O)C(=O)CCl. The molecule has 0 radical (unpaired) electrons. The second kappa shape index (κ2) is 8.83. The fraction of sp³-hybridized carbons (Fsp3) is 0.571. The molecule has 82 valence electrons. The predicted molar refractivity (Wildman–Crippen MR) is 59.3 cm³/mol. The van der Waals surface area contributed by atoms with Crippen LogP contribution in [0, 0.1) is 0 Å². The van der Waals surface area contributed by atoms with Gasteiger partial charge in [-0.05, 0) is 26.7 Å². The number of halogens is 1. The summed E-state index contributed by atoms with van der Waals surface area (Å²) >= 11 is 8.64. The van der Waals surface area contributed by atoms with Crippen molar-refractivity contribution in [2.75, 3.05) is 12.9 Å². The van der Waals surface area contributed by atoms with Gasteiger partial charge >= 0.3 is 6.09 Å². The third-order valence-electron chi connectivity index (χ3n) is 0.975. The van der Waals surface area contributed by atoms with Gasteiger partial charge in [0, 0.05) is 12.8 Å². The topological polar surface area (TPSA) is 70.0 Å². The van der Waals surface area contributed by atoms with E-state index in [1.54, 1.807) is 0 Å². The van der Waals surface area contributed by atoms with E-state index in [9.17, 15) is 9.59 Å². The molecular weight excluding hydrogens is 228 g/mol. The van der Waals surface area contributed by atoms with E-state index >= 15 is 0 Å². The molecule has 0 aromatic heterocycles. The third kappa shape index (κ3) is 9.34. The quantitative estimate of drug-likeness (QED) is 0.416. The normalized spacial score (nSPS) is 8.07. The van der Waals surface area contributed by atoms with Gasteiger partial charge in [0.05, 0.1) is 0 Å². The van der Waals surface area contributed by atoms with Gasteiger partial charge in [0.2, 0.25) is 5.91 Å². The third-order valence-corrected chi connectivity index (χ3v) is 1.60. The fourth-order valence-corrected chi connectivity index (χ4v) is 0.376. The largest absolute Gasteiger partial charge is 0.465 e. The van der Waals surface area contributed by atoms with Crippen LogP contribution in [0.5, 0.6) is 0 Å². The monoisotopic (exact) mass is 240 g/mol. The molecule has 0 unspecified atom stereocenters. The lowest BCUT2D eigenvalue weighted by molar-refractivity contribution is -0.125. The number of hydrogen-bond acceptors (Lipinski definition) is 4. The van der Waals surface area contributed by atoms with E-state index in [0.717, 1.165) is 12.8 Å². The average molecular weight is 241 g/mol.